The smallest absolute Gasteiger partial charge is 0.230 e. The second-order valence-corrected chi connectivity index (χ2v) is 6.53. The molecule has 0 atom stereocenters. The van der Waals surface area contributed by atoms with Gasteiger partial charge in [-0.05, 0) is 18.7 Å². The van der Waals surface area contributed by atoms with E-state index in [0.29, 0.717) is 5.82 Å². The summed E-state index contributed by atoms with van der Waals surface area (Å²) in [5, 5.41) is 2.85. The van der Waals surface area contributed by atoms with Gasteiger partial charge in [0.25, 0.3) is 0 Å². The third kappa shape index (κ3) is 4.17. The number of nitrogens with one attached hydrogen (secondary N) is 1. The first-order valence-electron chi connectivity index (χ1n) is 7.65. The molecule has 1 aliphatic rings. The molecule has 1 N–H and O–H groups in total. The van der Waals surface area contributed by atoms with E-state index in [4.69, 9.17) is 0 Å². The first kappa shape index (κ1) is 15.8. The van der Waals surface area contributed by atoms with Crippen LogP contribution >= 0.6 is 0 Å². The monoisotopic (exact) mass is 290 g/mol. The third-order valence-electron chi connectivity index (χ3n) is 3.86. The van der Waals surface area contributed by atoms with Crippen LogP contribution in [-0.2, 0) is 4.79 Å². The van der Waals surface area contributed by atoms with Crippen molar-refractivity contribution in [3.05, 3.63) is 18.3 Å². The van der Waals surface area contributed by atoms with E-state index in [2.05, 4.69) is 27.0 Å². The van der Waals surface area contributed by atoms with Gasteiger partial charge >= 0.3 is 0 Å². The van der Waals surface area contributed by atoms with Crippen LogP contribution in [0.5, 0.6) is 0 Å². The van der Waals surface area contributed by atoms with Gasteiger partial charge in [-0.3, -0.25) is 4.79 Å². The van der Waals surface area contributed by atoms with E-state index in [0.717, 1.165) is 38.4 Å². The van der Waals surface area contributed by atoms with Crippen molar-refractivity contribution in [1.29, 1.82) is 0 Å². The SMILES string of the molecule is CCN1CCN(c2ccc(NC(=O)C(C)(C)C)nc2)CC1. The summed E-state index contributed by atoms with van der Waals surface area (Å²) in [5.41, 5.74) is 0.719. The Bertz CT molecular complexity index is 470. The van der Waals surface area contributed by atoms with Gasteiger partial charge in [-0.2, -0.15) is 0 Å². The summed E-state index contributed by atoms with van der Waals surface area (Å²) in [5.74, 6) is 0.602. The summed E-state index contributed by atoms with van der Waals surface area (Å²) in [6.45, 7) is 13.2. The molecule has 116 valence electrons. The zero-order valence-corrected chi connectivity index (χ0v) is 13.5. The molecule has 5 heteroatoms. The van der Waals surface area contributed by atoms with Crippen LogP contribution in [0.4, 0.5) is 11.5 Å². The molecule has 0 unspecified atom stereocenters. The van der Waals surface area contributed by atoms with Crippen LogP contribution in [0, 0.1) is 5.41 Å². The fourth-order valence-electron chi connectivity index (χ4n) is 2.27. The number of rotatable bonds is 3. The molecule has 1 aromatic rings. The molecule has 0 radical (unpaired) electrons. The number of anilines is 2. The number of hydrogen-bond acceptors (Lipinski definition) is 4. The molecule has 0 spiro atoms. The molecule has 1 fully saturated rings. The maximum Gasteiger partial charge on any atom is 0.230 e. The molecule has 2 rings (SSSR count). The van der Waals surface area contributed by atoms with Crippen LogP contribution in [0.25, 0.3) is 0 Å². The van der Waals surface area contributed by atoms with Gasteiger partial charge in [0.05, 0.1) is 11.9 Å². The number of pyridine rings is 1. The summed E-state index contributed by atoms with van der Waals surface area (Å²) in [4.78, 5) is 21.1. The Morgan fingerprint density at radius 3 is 2.38 bits per heavy atom. The number of piperazine rings is 1. The average molecular weight is 290 g/mol. The van der Waals surface area contributed by atoms with Crippen molar-refractivity contribution in [2.45, 2.75) is 27.7 Å². The molecule has 0 bridgehead atoms. The molecular weight excluding hydrogens is 264 g/mol. The lowest BCUT2D eigenvalue weighted by Gasteiger charge is -2.35. The molecular formula is C16H26N4O. The topological polar surface area (TPSA) is 48.5 Å². The molecule has 1 saturated heterocycles. The number of amides is 1. The van der Waals surface area contributed by atoms with Gasteiger partial charge in [-0.1, -0.05) is 27.7 Å². The van der Waals surface area contributed by atoms with Crippen molar-refractivity contribution >= 4 is 17.4 Å². The van der Waals surface area contributed by atoms with Gasteiger partial charge in [-0.15, -0.1) is 0 Å². The minimum Gasteiger partial charge on any atom is -0.368 e. The van der Waals surface area contributed by atoms with E-state index in [1.165, 1.54) is 0 Å². The van der Waals surface area contributed by atoms with Gasteiger partial charge in [0.2, 0.25) is 5.91 Å². The van der Waals surface area contributed by atoms with Crippen molar-refractivity contribution < 1.29 is 4.79 Å². The van der Waals surface area contributed by atoms with Gasteiger partial charge in [0.1, 0.15) is 5.82 Å². The first-order chi connectivity index (χ1) is 9.90. The standard InChI is InChI=1S/C16H26N4O/c1-5-19-8-10-20(11-9-19)13-6-7-14(17-12-13)18-15(21)16(2,3)4/h6-7,12H,5,8-11H2,1-4H3,(H,17,18,21). The van der Waals surface area contributed by atoms with Crippen molar-refractivity contribution in [2.24, 2.45) is 5.41 Å². The summed E-state index contributed by atoms with van der Waals surface area (Å²) in [7, 11) is 0. The lowest BCUT2D eigenvalue weighted by Crippen LogP contribution is -2.46. The van der Waals surface area contributed by atoms with Crippen molar-refractivity contribution in [3.63, 3.8) is 0 Å². The number of aromatic nitrogens is 1. The average Bonchev–Trinajstić information content (AvgIpc) is 2.47. The van der Waals surface area contributed by atoms with Gasteiger partial charge < -0.3 is 15.1 Å². The van der Waals surface area contributed by atoms with Crippen LogP contribution in [0.2, 0.25) is 0 Å². The second-order valence-electron chi connectivity index (χ2n) is 6.53. The van der Waals surface area contributed by atoms with E-state index in [9.17, 15) is 4.79 Å². The van der Waals surface area contributed by atoms with Crippen molar-refractivity contribution in [2.75, 3.05) is 42.9 Å². The molecule has 1 aromatic heterocycles. The number of carbonyl (C=O) groups excluding carboxylic acids is 1. The van der Waals surface area contributed by atoms with Crippen LogP contribution in [0.3, 0.4) is 0 Å². The lowest BCUT2D eigenvalue weighted by atomic mass is 9.96. The predicted molar refractivity (Wildman–Crippen MR) is 86.6 cm³/mol. The maximum absolute atomic E-state index is 11.9. The number of hydrogen-bond donors (Lipinski definition) is 1. The van der Waals surface area contributed by atoms with Gasteiger partial charge in [-0.25, -0.2) is 4.98 Å². The van der Waals surface area contributed by atoms with Crippen LogP contribution in [0.15, 0.2) is 18.3 Å². The normalized spacial score (nSPS) is 16.9. The Kier molecular flexibility index (Phi) is 4.83. The van der Waals surface area contributed by atoms with Crippen molar-refractivity contribution in [3.8, 4) is 0 Å². The van der Waals surface area contributed by atoms with Crippen LogP contribution < -0.4 is 10.2 Å². The Morgan fingerprint density at radius 1 is 1.24 bits per heavy atom. The summed E-state index contributed by atoms with van der Waals surface area (Å²) < 4.78 is 0. The quantitative estimate of drug-likeness (QED) is 0.927. The lowest BCUT2D eigenvalue weighted by molar-refractivity contribution is -0.123. The largest absolute Gasteiger partial charge is 0.368 e. The highest BCUT2D eigenvalue weighted by atomic mass is 16.2. The molecule has 21 heavy (non-hydrogen) atoms. The Labute approximate surface area is 127 Å². The molecule has 0 saturated carbocycles. The number of nitrogens with zero attached hydrogens (tertiary/aromatic N) is 3. The molecule has 5 nitrogen and oxygen atoms in total. The minimum atomic E-state index is -0.406. The van der Waals surface area contributed by atoms with E-state index in [1.807, 2.05) is 39.1 Å². The highest BCUT2D eigenvalue weighted by molar-refractivity contribution is 5.93. The second kappa shape index (κ2) is 6.43. The molecule has 2 heterocycles. The first-order valence-corrected chi connectivity index (χ1v) is 7.65. The molecule has 1 aliphatic heterocycles. The predicted octanol–water partition coefficient (Wildman–Crippen LogP) is 2.21. The maximum atomic E-state index is 11.9. The number of likely N-dealkylation sites (N-methyl/N-ethyl adjacent to an activating group) is 1. The molecule has 0 aromatic carbocycles. The fraction of sp³-hybridized carbons (Fsp3) is 0.625. The highest BCUT2D eigenvalue weighted by Crippen LogP contribution is 2.19. The molecule has 0 aliphatic carbocycles. The summed E-state index contributed by atoms with van der Waals surface area (Å²) in [6.07, 6.45) is 1.85. The fourth-order valence-corrected chi connectivity index (χ4v) is 2.27. The van der Waals surface area contributed by atoms with E-state index in [1.54, 1.807) is 0 Å². The van der Waals surface area contributed by atoms with E-state index in [-0.39, 0.29) is 5.91 Å². The van der Waals surface area contributed by atoms with Crippen LogP contribution in [-0.4, -0.2) is 48.5 Å². The highest BCUT2D eigenvalue weighted by Gasteiger charge is 2.21. The zero-order valence-electron chi connectivity index (χ0n) is 13.5. The van der Waals surface area contributed by atoms with Gasteiger partial charge in [0.15, 0.2) is 0 Å². The summed E-state index contributed by atoms with van der Waals surface area (Å²) in [6, 6.07) is 3.91. The minimum absolute atomic E-state index is 0.0145. The Morgan fingerprint density at radius 2 is 1.90 bits per heavy atom. The van der Waals surface area contributed by atoms with Crippen molar-refractivity contribution in [1.82, 2.24) is 9.88 Å². The van der Waals surface area contributed by atoms with E-state index >= 15 is 0 Å². The number of carbonyl (C=O) groups is 1. The Hall–Kier alpha value is -1.62. The zero-order chi connectivity index (χ0) is 15.5. The third-order valence-corrected chi connectivity index (χ3v) is 3.86. The summed E-state index contributed by atoms with van der Waals surface area (Å²) >= 11 is 0. The van der Waals surface area contributed by atoms with E-state index < -0.39 is 5.41 Å². The molecule has 1 amide bonds. The van der Waals surface area contributed by atoms with Crippen LogP contribution in [0.1, 0.15) is 27.7 Å². The van der Waals surface area contributed by atoms with Gasteiger partial charge in [0, 0.05) is 31.6 Å². The Balaban J connectivity index is 1.95.